The van der Waals surface area contributed by atoms with E-state index in [1.165, 1.54) is 0 Å². The number of rotatable bonds is 3. The van der Waals surface area contributed by atoms with Gasteiger partial charge in [0.25, 0.3) is 0 Å². The Hall–Kier alpha value is -1.33. The van der Waals surface area contributed by atoms with Gasteiger partial charge in [-0.25, -0.2) is 4.98 Å². The molecule has 2 N–H and O–H groups in total. The van der Waals surface area contributed by atoms with Crippen molar-refractivity contribution < 1.29 is 9.84 Å². The lowest BCUT2D eigenvalue weighted by molar-refractivity contribution is 0.277. The predicted octanol–water partition coefficient (Wildman–Crippen LogP) is 2.34. The molecular weight excluding hydrogens is 272 g/mol. The second-order valence-corrected chi connectivity index (χ2v) is 4.12. The van der Waals surface area contributed by atoms with Crippen LogP contribution in [0.2, 0.25) is 0 Å². The number of imidazole rings is 1. The number of aliphatic hydroxyl groups is 1. The molecule has 2 rings (SSSR count). The Morgan fingerprint density at radius 1 is 1.50 bits per heavy atom. The maximum absolute atomic E-state index is 8.96. The molecule has 0 saturated carbocycles. The van der Waals surface area contributed by atoms with Crippen molar-refractivity contribution in [2.45, 2.75) is 6.61 Å². The van der Waals surface area contributed by atoms with Crippen LogP contribution < -0.4 is 4.74 Å². The van der Waals surface area contributed by atoms with Crippen molar-refractivity contribution in [3.63, 3.8) is 0 Å². The van der Waals surface area contributed by atoms with Crippen molar-refractivity contribution in [2.75, 3.05) is 7.11 Å². The van der Waals surface area contributed by atoms with E-state index in [0.29, 0.717) is 11.5 Å². The zero-order valence-electron chi connectivity index (χ0n) is 8.70. The average Bonchev–Trinajstić information content (AvgIpc) is 2.78. The fraction of sp³-hybridized carbons (Fsp3) is 0.182. The van der Waals surface area contributed by atoms with Gasteiger partial charge < -0.3 is 14.8 Å². The number of hydrogen-bond donors (Lipinski definition) is 2. The summed E-state index contributed by atoms with van der Waals surface area (Å²) in [5.41, 5.74) is 1.59. The highest BCUT2D eigenvalue weighted by atomic mass is 79.9. The minimum Gasteiger partial charge on any atom is -0.497 e. The van der Waals surface area contributed by atoms with E-state index in [9.17, 15) is 0 Å². The van der Waals surface area contributed by atoms with Crippen LogP contribution in [0, 0.1) is 0 Å². The lowest BCUT2D eigenvalue weighted by atomic mass is 10.2. The lowest BCUT2D eigenvalue weighted by Crippen LogP contribution is -1.87. The summed E-state index contributed by atoms with van der Waals surface area (Å²) in [7, 11) is 1.62. The Labute approximate surface area is 101 Å². The molecule has 0 aliphatic heterocycles. The highest BCUT2D eigenvalue weighted by molar-refractivity contribution is 9.10. The average molecular weight is 283 g/mol. The Balaban J connectivity index is 2.45. The third-order valence-electron chi connectivity index (χ3n) is 2.23. The predicted molar refractivity (Wildman–Crippen MR) is 64.2 cm³/mol. The van der Waals surface area contributed by atoms with Crippen LogP contribution in [0.3, 0.4) is 0 Å². The van der Waals surface area contributed by atoms with Crippen molar-refractivity contribution >= 4 is 15.9 Å². The highest BCUT2D eigenvalue weighted by Crippen LogP contribution is 2.29. The van der Waals surface area contributed by atoms with E-state index >= 15 is 0 Å². The van der Waals surface area contributed by atoms with Crippen molar-refractivity contribution in [1.82, 2.24) is 9.97 Å². The van der Waals surface area contributed by atoms with Crippen LogP contribution >= 0.6 is 15.9 Å². The summed E-state index contributed by atoms with van der Waals surface area (Å²) < 4.78 is 6.08. The monoisotopic (exact) mass is 282 g/mol. The maximum Gasteiger partial charge on any atom is 0.138 e. The molecule has 2 aromatic rings. The summed E-state index contributed by atoms with van der Waals surface area (Å²) in [5.74, 6) is 1.47. The van der Waals surface area contributed by atoms with Gasteiger partial charge in [-0.2, -0.15) is 0 Å². The van der Waals surface area contributed by atoms with E-state index in [2.05, 4.69) is 25.9 Å². The molecule has 16 heavy (non-hydrogen) atoms. The molecule has 0 fully saturated rings. The fourth-order valence-corrected chi connectivity index (χ4v) is 1.82. The van der Waals surface area contributed by atoms with Gasteiger partial charge in [-0.1, -0.05) is 15.9 Å². The molecule has 0 spiro atoms. The number of aromatic nitrogens is 2. The molecule has 0 amide bonds. The van der Waals surface area contributed by atoms with E-state index in [4.69, 9.17) is 9.84 Å². The van der Waals surface area contributed by atoms with Crippen molar-refractivity contribution in [3.05, 3.63) is 34.6 Å². The molecule has 5 heteroatoms. The third-order valence-corrected chi connectivity index (χ3v) is 2.92. The molecule has 1 aromatic heterocycles. The maximum atomic E-state index is 8.96. The first-order valence-electron chi connectivity index (χ1n) is 4.73. The van der Waals surface area contributed by atoms with Gasteiger partial charge in [-0.05, 0) is 18.2 Å². The van der Waals surface area contributed by atoms with E-state index < -0.39 is 0 Å². The number of ether oxygens (including phenoxy) is 1. The quantitative estimate of drug-likeness (QED) is 0.909. The summed E-state index contributed by atoms with van der Waals surface area (Å²) in [4.78, 5) is 7.22. The van der Waals surface area contributed by atoms with Gasteiger partial charge in [0.15, 0.2) is 0 Å². The topological polar surface area (TPSA) is 58.1 Å². The molecule has 0 unspecified atom stereocenters. The van der Waals surface area contributed by atoms with Crippen LogP contribution in [0.5, 0.6) is 5.75 Å². The number of benzene rings is 1. The van der Waals surface area contributed by atoms with E-state index in [1.54, 1.807) is 13.3 Å². The SMILES string of the molecule is COc1ccc(Br)c(-c2ncc(CO)[nH]2)c1. The van der Waals surface area contributed by atoms with Gasteiger partial charge in [-0.15, -0.1) is 0 Å². The molecule has 1 heterocycles. The van der Waals surface area contributed by atoms with Crippen LogP contribution in [0.25, 0.3) is 11.4 Å². The number of halogens is 1. The summed E-state index contributed by atoms with van der Waals surface area (Å²) >= 11 is 3.45. The van der Waals surface area contributed by atoms with Gasteiger partial charge in [-0.3, -0.25) is 0 Å². The zero-order chi connectivity index (χ0) is 11.5. The lowest BCUT2D eigenvalue weighted by Gasteiger charge is -2.04. The normalized spacial score (nSPS) is 10.4. The van der Waals surface area contributed by atoms with Gasteiger partial charge in [0.1, 0.15) is 11.6 Å². The molecule has 1 aromatic carbocycles. The summed E-state index contributed by atoms with van der Waals surface area (Å²) in [5, 5.41) is 8.96. The largest absolute Gasteiger partial charge is 0.497 e. The number of aromatic amines is 1. The first kappa shape index (κ1) is 11.2. The minimum atomic E-state index is -0.0470. The van der Waals surface area contributed by atoms with Crippen LogP contribution in [-0.4, -0.2) is 22.2 Å². The number of methoxy groups -OCH3 is 1. The second kappa shape index (κ2) is 4.67. The fourth-order valence-electron chi connectivity index (χ4n) is 1.39. The second-order valence-electron chi connectivity index (χ2n) is 3.26. The molecule has 0 radical (unpaired) electrons. The molecule has 84 valence electrons. The van der Waals surface area contributed by atoms with Crippen LogP contribution in [-0.2, 0) is 6.61 Å². The van der Waals surface area contributed by atoms with Crippen LogP contribution in [0.4, 0.5) is 0 Å². The minimum absolute atomic E-state index is 0.0470. The standard InChI is InChI=1S/C11H11BrN2O2/c1-16-8-2-3-10(12)9(4-8)11-13-5-7(6-15)14-11/h2-5,15H,6H2,1H3,(H,13,14). The number of H-pyrrole nitrogens is 1. The summed E-state index contributed by atoms with van der Waals surface area (Å²) in [6.07, 6.45) is 1.61. The first-order chi connectivity index (χ1) is 7.74. The Morgan fingerprint density at radius 2 is 2.31 bits per heavy atom. The molecule has 0 bridgehead atoms. The zero-order valence-corrected chi connectivity index (χ0v) is 10.3. The third kappa shape index (κ3) is 2.10. The molecule has 4 nitrogen and oxygen atoms in total. The smallest absolute Gasteiger partial charge is 0.138 e. The van der Waals surface area contributed by atoms with Crippen molar-refractivity contribution in [3.8, 4) is 17.1 Å². The van der Waals surface area contributed by atoms with Crippen LogP contribution in [0.15, 0.2) is 28.9 Å². The number of nitrogens with zero attached hydrogens (tertiary/aromatic N) is 1. The van der Waals surface area contributed by atoms with Gasteiger partial charge in [0.2, 0.25) is 0 Å². The molecule has 0 atom stereocenters. The molecule has 0 aliphatic carbocycles. The summed E-state index contributed by atoms with van der Waals surface area (Å²) in [6.45, 7) is -0.0470. The molecular formula is C11H11BrN2O2. The van der Waals surface area contributed by atoms with Crippen molar-refractivity contribution in [2.24, 2.45) is 0 Å². The molecule has 0 saturated heterocycles. The van der Waals surface area contributed by atoms with Gasteiger partial charge in [0.05, 0.1) is 25.6 Å². The number of aliphatic hydroxyl groups excluding tert-OH is 1. The van der Waals surface area contributed by atoms with Crippen LogP contribution in [0.1, 0.15) is 5.69 Å². The Morgan fingerprint density at radius 3 is 2.94 bits per heavy atom. The van der Waals surface area contributed by atoms with Crippen molar-refractivity contribution in [1.29, 1.82) is 0 Å². The highest BCUT2D eigenvalue weighted by Gasteiger charge is 2.08. The number of nitrogens with one attached hydrogen (secondary N) is 1. The Kier molecular flexibility index (Phi) is 3.26. The first-order valence-corrected chi connectivity index (χ1v) is 5.52. The van der Waals surface area contributed by atoms with E-state index in [-0.39, 0.29) is 6.61 Å². The molecule has 0 aliphatic rings. The summed E-state index contributed by atoms with van der Waals surface area (Å²) in [6, 6.07) is 5.64. The van der Waals surface area contributed by atoms with Gasteiger partial charge in [0, 0.05) is 10.0 Å². The Bertz CT molecular complexity index is 496. The van der Waals surface area contributed by atoms with E-state index in [0.717, 1.165) is 15.8 Å². The van der Waals surface area contributed by atoms with Gasteiger partial charge >= 0.3 is 0 Å². The number of hydrogen-bond acceptors (Lipinski definition) is 3. The van der Waals surface area contributed by atoms with E-state index in [1.807, 2.05) is 18.2 Å².